The highest BCUT2D eigenvalue weighted by atomic mass is 32.2. The maximum atomic E-state index is 11.9. The number of benzene rings is 2. The van der Waals surface area contributed by atoms with Crippen LogP contribution < -0.4 is 5.32 Å². The molecule has 2 aromatic rings. The molecule has 3 rings (SSSR count). The Kier molecular flexibility index (Phi) is 9.58. The maximum Gasteiger partial charge on any atom is 0.411 e. The van der Waals surface area contributed by atoms with Crippen molar-refractivity contribution in [2.75, 3.05) is 30.0 Å². The van der Waals surface area contributed by atoms with Crippen LogP contribution in [0.15, 0.2) is 61.2 Å². The molecule has 0 saturated carbocycles. The van der Waals surface area contributed by atoms with Gasteiger partial charge in [0.1, 0.15) is 6.61 Å². The van der Waals surface area contributed by atoms with E-state index in [4.69, 9.17) is 19.3 Å². The Bertz CT molecular complexity index is 875. The summed E-state index contributed by atoms with van der Waals surface area (Å²) in [7, 11) is 0. The zero-order valence-electron chi connectivity index (χ0n) is 17.8. The van der Waals surface area contributed by atoms with Gasteiger partial charge in [-0.1, -0.05) is 49.1 Å². The number of hydrogen-bond acceptors (Lipinski definition) is 7. The SMILES string of the molecule is C=CCOC(=O)Nc1cccc(C2OC(CSCCO)CC(c3ccc(CO)cc3)O2)c1. The monoisotopic (exact) mass is 459 g/mol. The number of rotatable bonds is 10. The van der Waals surface area contributed by atoms with E-state index in [0.717, 1.165) is 22.4 Å². The summed E-state index contributed by atoms with van der Waals surface area (Å²) in [5.41, 5.74) is 3.20. The summed E-state index contributed by atoms with van der Waals surface area (Å²) in [6.07, 6.45) is 0.753. The van der Waals surface area contributed by atoms with E-state index in [1.165, 1.54) is 6.08 Å². The normalized spacial score (nSPS) is 20.5. The lowest BCUT2D eigenvalue weighted by Crippen LogP contribution is -2.31. The number of ether oxygens (including phenoxy) is 3. The molecule has 0 radical (unpaired) electrons. The van der Waals surface area contributed by atoms with E-state index in [2.05, 4.69) is 11.9 Å². The standard InChI is InChI=1S/C24H29NO6S/c1-2-11-29-24(28)25-20-5-3-4-19(13-20)23-30-21(16-32-12-10-26)14-22(31-23)18-8-6-17(15-27)7-9-18/h2-9,13,21-23,26-27H,1,10-12,14-16H2,(H,25,28). The summed E-state index contributed by atoms with van der Waals surface area (Å²) < 4.78 is 17.5. The van der Waals surface area contributed by atoms with Gasteiger partial charge in [-0.15, -0.1) is 0 Å². The largest absolute Gasteiger partial charge is 0.445 e. The first-order valence-corrected chi connectivity index (χ1v) is 11.6. The molecule has 7 nitrogen and oxygen atoms in total. The predicted molar refractivity (Wildman–Crippen MR) is 124 cm³/mol. The molecule has 3 atom stereocenters. The van der Waals surface area contributed by atoms with Gasteiger partial charge in [-0.2, -0.15) is 11.8 Å². The van der Waals surface area contributed by atoms with Crippen molar-refractivity contribution in [1.82, 2.24) is 0 Å². The van der Waals surface area contributed by atoms with Gasteiger partial charge in [0.05, 0.1) is 25.4 Å². The summed E-state index contributed by atoms with van der Waals surface area (Å²) >= 11 is 1.63. The van der Waals surface area contributed by atoms with E-state index in [-0.39, 0.29) is 32.0 Å². The minimum absolute atomic E-state index is 0.00695. The van der Waals surface area contributed by atoms with Gasteiger partial charge in [-0.3, -0.25) is 5.32 Å². The third-order valence-corrected chi connectivity index (χ3v) is 5.97. The van der Waals surface area contributed by atoms with Crippen molar-refractivity contribution in [2.45, 2.75) is 31.5 Å². The number of aliphatic hydroxyl groups is 2. The fourth-order valence-corrected chi connectivity index (χ4v) is 4.13. The van der Waals surface area contributed by atoms with E-state index >= 15 is 0 Å². The lowest BCUT2D eigenvalue weighted by Gasteiger charge is -2.36. The maximum absolute atomic E-state index is 11.9. The average molecular weight is 460 g/mol. The number of hydrogen-bond donors (Lipinski definition) is 3. The molecule has 0 aliphatic carbocycles. The van der Waals surface area contributed by atoms with E-state index in [1.807, 2.05) is 36.4 Å². The zero-order valence-corrected chi connectivity index (χ0v) is 18.6. The van der Waals surface area contributed by atoms with Crippen LogP contribution in [-0.2, 0) is 20.8 Å². The minimum Gasteiger partial charge on any atom is -0.445 e. The Morgan fingerprint density at radius 3 is 2.72 bits per heavy atom. The number of thioether (sulfide) groups is 1. The summed E-state index contributed by atoms with van der Waals surface area (Å²) in [6.45, 7) is 3.77. The fraction of sp³-hybridized carbons (Fsp3) is 0.375. The van der Waals surface area contributed by atoms with E-state index < -0.39 is 12.4 Å². The lowest BCUT2D eigenvalue weighted by atomic mass is 10.0. The highest BCUT2D eigenvalue weighted by Gasteiger charge is 2.32. The van der Waals surface area contributed by atoms with E-state index in [0.29, 0.717) is 17.9 Å². The summed E-state index contributed by atoms with van der Waals surface area (Å²) in [4.78, 5) is 11.9. The smallest absolute Gasteiger partial charge is 0.411 e. The van der Waals surface area contributed by atoms with Gasteiger partial charge in [0, 0.05) is 29.2 Å². The van der Waals surface area contributed by atoms with Crippen LogP contribution >= 0.6 is 11.8 Å². The Morgan fingerprint density at radius 2 is 2.00 bits per heavy atom. The van der Waals surface area contributed by atoms with Crippen LogP contribution in [0.4, 0.5) is 10.5 Å². The van der Waals surface area contributed by atoms with Crippen LogP contribution in [0.3, 0.4) is 0 Å². The Labute approximate surface area is 192 Å². The molecule has 1 saturated heterocycles. The first-order valence-electron chi connectivity index (χ1n) is 10.5. The first kappa shape index (κ1) is 24.3. The molecule has 32 heavy (non-hydrogen) atoms. The fourth-order valence-electron chi connectivity index (χ4n) is 3.35. The van der Waals surface area contributed by atoms with Crippen LogP contribution in [-0.4, -0.2) is 47.1 Å². The molecule has 8 heteroatoms. The van der Waals surface area contributed by atoms with Gasteiger partial charge >= 0.3 is 6.09 Å². The number of amides is 1. The second kappa shape index (κ2) is 12.6. The molecule has 3 unspecified atom stereocenters. The molecule has 1 aliphatic heterocycles. The molecule has 2 aromatic carbocycles. The van der Waals surface area contributed by atoms with Gasteiger partial charge in [-0.25, -0.2) is 4.79 Å². The van der Waals surface area contributed by atoms with Crippen molar-refractivity contribution in [3.05, 3.63) is 77.9 Å². The van der Waals surface area contributed by atoms with Gasteiger partial charge in [0.2, 0.25) is 0 Å². The molecule has 3 N–H and O–H groups in total. The third-order valence-electron chi connectivity index (χ3n) is 4.89. The molecule has 1 amide bonds. The quantitative estimate of drug-likeness (QED) is 0.362. The van der Waals surface area contributed by atoms with Gasteiger partial charge in [-0.05, 0) is 23.3 Å². The molecule has 0 bridgehead atoms. The molecular formula is C24H29NO6S. The van der Waals surface area contributed by atoms with Crippen LogP contribution in [0.2, 0.25) is 0 Å². The predicted octanol–water partition coefficient (Wildman–Crippen LogP) is 4.18. The number of anilines is 1. The van der Waals surface area contributed by atoms with Gasteiger partial charge in [0.25, 0.3) is 0 Å². The van der Waals surface area contributed by atoms with Crippen LogP contribution in [0.5, 0.6) is 0 Å². The van der Waals surface area contributed by atoms with Crippen molar-refractivity contribution in [3.63, 3.8) is 0 Å². The summed E-state index contributed by atoms with van der Waals surface area (Å²) in [6, 6.07) is 15.0. The highest BCUT2D eigenvalue weighted by molar-refractivity contribution is 7.99. The Balaban J connectivity index is 1.76. The number of carbonyl (C=O) groups is 1. The zero-order chi connectivity index (χ0) is 22.8. The second-order valence-corrected chi connectivity index (χ2v) is 8.44. The van der Waals surface area contributed by atoms with E-state index in [9.17, 15) is 9.90 Å². The average Bonchev–Trinajstić information content (AvgIpc) is 2.83. The van der Waals surface area contributed by atoms with Crippen molar-refractivity contribution in [3.8, 4) is 0 Å². The van der Waals surface area contributed by atoms with Gasteiger partial charge in [0.15, 0.2) is 6.29 Å². The van der Waals surface area contributed by atoms with Crippen molar-refractivity contribution in [2.24, 2.45) is 0 Å². The molecule has 1 aliphatic rings. The molecule has 172 valence electrons. The Morgan fingerprint density at radius 1 is 1.19 bits per heavy atom. The molecule has 1 fully saturated rings. The molecule has 0 aromatic heterocycles. The van der Waals surface area contributed by atoms with Crippen molar-refractivity contribution < 1.29 is 29.2 Å². The molecule has 0 spiro atoms. The number of carbonyl (C=O) groups excluding carboxylic acids is 1. The summed E-state index contributed by atoms with van der Waals surface area (Å²) in [5, 5.41) is 21.1. The Hall–Kier alpha value is -2.36. The second-order valence-electron chi connectivity index (χ2n) is 7.29. The van der Waals surface area contributed by atoms with Crippen molar-refractivity contribution >= 4 is 23.5 Å². The topological polar surface area (TPSA) is 97.3 Å². The van der Waals surface area contributed by atoms with Crippen LogP contribution in [0.25, 0.3) is 0 Å². The lowest BCUT2D eigenvalue weighted by molar-refractivity contribution is -0.245. The molecule has 1 heterocycles. The number of nitrogens with one attached hydrogen (secondary N) is 1. The van der Waals surface area contributed by atoms with Crippen molar-refractivity contribution in [1.29, 1.82) is 0 Å². The highest BCUT2D eigenvalue weighted by Crippen LogP contribution is 2.39. The number of aliphatic hydroxyl groups excluding tert-OH is 2. The van der Waals surface area contributed by atoms with Crippen LogP contribution in [0.1, 0.15) is 35.5 Å². The van der Waals surface area contributed by atoms with Gasteiger partial charge < -0.3 is 24.4 Å². The summed E-state index contributed by atoms with van der Waals surface area (Å²) in [5.74, 6) is 1.38. The minimum atomic E-state index is -0.614. The first-order chi connectivity index (χ1) is 15.6. The van der Waals surface area contributed by atoms with Crippen LogP contribution in [0, 0.1) is 0 Å². The van der Waals surface area contributed by atoms with E-state index in [1.54, 1.807) is 23.9 Å². The molecular weight excluding hydrogens is 430 g/mol. The third kappa shape index (κ3) is 7.08.